The Bertz CT molecular complexity index is 557. The van der Waals surface area contributed by atoms with E-state index in [1.54, 1.807) is 0 Å². The summed E-state index contributed by atoms with van der Waals surface area (Å²) in [4.78, 5) is 22.2. The Kier molecular flexibility index (Phi) is 11.2. The second-order valence-corrected chi connectivity index (χ2v) is 6.81. The van der Waals surface area contributed by atoms with Gasteiger partial charge in [0.25, 0.3) is 5.91 Å². The van der Waals surface area contributed by atoms with Crippen LogP contribution >= 0.6 is 0 Å². The number of nitrogens with one attached hydrogen (secondary N) is 1. The molecular weight excluding hydrogens is 330 g/mol. The molecule has 5 heteroatoms. The number of benzene rings is 1. The molecule has 5 nitrogen and oxygen atoms in total. The summed E-state index contributed by atoms with van der Waals surface area (Å²) in [5, 5.41) is 11.4. The van der Waals surface area contributed by atoms with Crippen molar-refractivity contribution >= 4 is 11.9 Å². The smallest absolute Gasteiger partial charge is 0.303 e. The van der Waals surface area contributed by atoms with Gasteiger partial charge < -0.3 is 15.2 Å². The number of hydrogen-bond donors (Lipinski definition) is 2. The van der Waals surface area contributed by atoms with E-state index in [2.05, 4.69) is 5.32 Å². The molecule has 0 radical (unpaired) electrons. The van der Waals surface area contributed by atoms with Crippen LogP contribution < -0.4 is 10.1 Å². The van der Waals surface area contributed by atoms with Crippen LogP contribution in [0.4, 0.5) is 0 Å². The van der Waals surface area contributed by atoms with E-state index in [1.165, 1.54) is 6.42 Å². The molecule has 0 unspecified atom stereocenters. The van der Waals surface area contributed by atoms with Crippen LogP contribution in [0, 0.1) is 13.8 Å². The van der Waals surface area contributed by atoms with Crippen LogP contribution in [0.3, 0.4) is 0 Å². The molecule has 26 heavy (non-hydrogen) atoms. The predicted octanol–water partition coefficient (Wildman–Crippen LogP) is 4.39. The Hall–Kier alpha value is -2.04. The molecule has 0 saturated carbocycles. The van der Waals surface area contributed by atoms with Crippen molar-refractivity contribution < 1.29 is 19.4 Å². The molecule has 0 aromatic heterocycles. The zero-order valence-corrected chi connectivity index (χ0v) is 16.2. The van der Waals surface area contributed by atoms with Crippen LogP contribution in [0.2, 0.25) is 0 Å². The maximum Gasteiger partial charge on any atom is 0.303 e. The fourth-order valence-corrected chi connectivity index (χ4v) is 2.76. The predicted molar refractivity (Wildman–Crippen MR) is 104 cm³/mol. The van der Waals surface area contributed by atoms with Crippen LogP contribution in [0.5, 0.6) is 5.75 Å². The molecule has 1 rings (SSSR count). The van der Waals surface area contributed by atoms with Gasteiger partial charge in [0, 0.05) is 13.0 Å². The first kappa shape index (κ1) is 22.0. The standard InChI is InChI=1S/C21H33NO4/c1-17-12-11-13-19(18(17)2)26-16-20(23)22-15-10-8-6-4-3-5-7-9-14-21(24)25/h11-13H,3-10,14-16H2,1-2H3,(H,22,23)(H,24,25). The third-order valence-corrected chi connectivity index (χ3v) is 4.55. The molecule has 0 heterocycles. The fourth-order valence-electron chi connectivity index (χ4n) is 2.76. The number of carboxylic acid groups (broad SMARTS) is 1. The largest absolute Gasteiger partial charge is 0.483 e. The molecule has 0 aliphatic carbocycles. The Labute approximate surface area is 157 Å². The lowest BCUT2D eigenvalue weighted by Gasteiger charge is -2.11. The summed E-state index contributed by atoms with van der Waals surface area (Å²) in [5.41, 5.74) is 2.23. The van der Waals surface area contributed by atoms with Gasteiger partial charge in [-0.2, -0.15) is 0 Å². The number of rotatable bonds is 14. The fraction of sp³-hybridized carbons (Fsp3) is 0.619. The van der Waals surface area contributed by atoms with Gasteiger partial charge in [-0.05, 0) is 43.9 Å². The molecule has 0 aliphatic rings. The van der Waals surface area contributed by atoms with E-state index < -0.39 is 5.97 Å². The van der Waals surface area contributed by atoms with Crippen molar-refractivity contribution in [3.8, 4) is 5.75 Å². The van der Waals surface area contributed by atoms with E-state index in [1.807, 2.05) is 32.0 Å². The number of carbonyl (C=O) groups excluding carboxylic acids is 1. The summed E-state index contributed by atoms with van der Waals surface area (Å²) in [6.07, 6.45) is 8.77. The van der Waals surface area contributed by atoms with Crippen LogP contribution in [-0.4, -0.2) is 30.1 Å². The van der Waals surface area contributed by atoms with E-state index in [-0.39, 0.29) is 18.9 Å². The summed E-state index contributed by atoms with van der Waals surface area (Å²) in [6.45, 7) is 4.77. The Morgan fingerprint density at radius 2 is 1.58 bits per heavy atom. The molecular formula is C21H33NO4. The number of ether oxygens (including phenoxy) is 1. The lowest BCUT2D eigenvalue weighted by molar-refractivity contribution is -0.137. The minimum Gasteiger partial charge on any atom is -0.483 e. The number of amides is 1. The van der Waals surface area contributed by atoms with E-state index in [4.69, 9.17) is 9.84 Å². The third-order valence-electron chi connectivity index (χ3n) is 4.55. The van der Waals surface area contributed by atoms with Crippen LogP contribution in [0.15, 0.2) is 18.2 Å². The minimum absolute atomic E-state index is 0.0562. The van der Waals surface area contributed by atoms with E-state index in [0.29, 0.717) is 6.54 Å². The summed E-state index contributed by atoms with van der Waals surface area (Å²) >= 11 is 0. The highest BCUT2D eigenvalue weighted by Crippen LogP contribution is 2.20. The van der Waals surface area contributed by atoms with Crippen molar-refractivity contribution in [1.82, 2.24) is 5.32 Å². The molecule has 2 N–H and O–H groups in total. The van der Waals surface area contributed by atoms with Gasteiger partial charge in [-0.3, -0.25) is 9.59 Å². The SMILES string of the molecule is Cc1cccc(OCC(=O)NCCCCCCCCCCC(=O)O)c1C. The Balaban J connectivity index is 1.95. The highest BCUT2D eigenvalue weighted by Gasteiger charge is 2.05. The number of carboxylic acids is 1. The monoisotopic (exact) mass is 363 g/mol. The quantitative estimate of drug-likeness (QED) is 0.481. The highest BCUT2D eigenvalue weighted by molar-refractivity contribution is 5.77. The van der Waals surface area contributed by atoms with Crippen molar-refractivity contribution in [1.29, 1.82) is 0 Å². The summed E-state index contributed by atoms with van der Waals surface area (Å²) in [7, 11) is 0. The van der Waals surface area contributed by atoms with Crippen molar-refractivity contribution in [3.63, 3.8) is 0 Å². The van der Waals surface area contributed by atoms with E-state index in [9.17, 15) is 9.59 Å². The highest BCUT2D eigenvalue weighted by atomic mass is 16.5. The Morgan fingerprint density at radius 1 is 0.962 bits per heavy atom. The molecule has 0 saturated heterocycles. The lowest BCUT2D eigenvalue weighted by atomic mass is 10.1. The molecule has 1 aromatic rings. The maximum absolute atomic E-state index is 11.8. The maximum atomic E-state index is 11.8. The number of unbranched alkanes of at least 4 members (excludes halogenated alkanes) is 7. The first-order chi connectivity index (χ1) is 12.5. The van der Waals surface area contributed by atoms with Crippen molar-refractivity contribution in [2.24, 2.45) is 0 Å². The molecule has 0 bridgehead atoms. The van der Waals surface area contributed by atoms with Crippen LogP contribution in [-0.2, 0) is 9.59 Å². The molecule has 0 fully saturated rings. The second-order valence-electron chi connectivity index (χ2n) is 6.81. The molecule has 1 aromatic carbocycles. The molecule has 0 aliphatic heterocycles. The topological polar surface area (TPSA) is 75.6 Å². The number of hydrogen-bond acceptors (Lipinski definition) is 3. The zero-order valence-electron chi connectivity index (χ0n) is 16.2. The van der Waals surface area contributed by atoms with Gasteiger partial charge in [0.15, 0.2) is 6.61 Å². The molecule has 1 amide bonds. The number of carbonyl (C=O) groups is 2. The first-order valence-corrected chi connectivity index (χ1v) is 9.68. The van der Waals surface area contributed by atoms with Gasteiger partial charge in [-0.15, -0.1) is 0 Å². The second kappa shape index (κ2) is 13.2. The van der Waals surface area contributed by atoms with E-state index >= 15 is 0 Å². The summed E-state index contributed by atoms with van der Waals surface area (Å²) in [6, 6.07) is 5.84. The average Bonchev–Trinajstić information content (AvgIpc) is 2.60. The first-order valence-electron chi connectivity index (χ1n) is 9.68. The summed E-state index contributed by atoms with van der Waals surface area (Å²) < 4.78 is 5.59. The Morgan fingerprint density at radius 3 is 2.23 bits per heavy atom. The van der Waals surface area contributed by atoms with Gasteiger partial charge in [0.2, 0.25) is 0 Å². The number of aliphatic carboxylic acids is 1. The average molecular weight is 363 g/mol. The van der Waals surface area contributed by atoms with Gasteiger partial charge in [0.05, 0.1) is 0 Å². The van der Waals surface area contributed by atoms with E-state index in [0.717, 1.165) is 61.8 Å². The minimum atomic E-state index is -0.702. The molecule has 146 valence electrons. The van der Waals surface area contributed by atoms with Crippen molar-refractivity contribution in [2.45, 2.75) is 71.6 Å². The summed E-state index contributed by atoms with van der Waals surface area (Å²) in [5.74, 6) is -0.0145. The number of aryl methyl sites for hydroxylation is 1. The van der Waals surface area contributed by atoms with Crippen LogP contribution in [0.1, 0.15) is 68.9 Å². The van der Waals surface area contributed by atoms with Gasteiger partial charge >= 0.3 is 5.97 Å². The van der Waals surface area contributed by atoms with Gasteiger partial charge in [-0.1, -0.05) is 50.7 Å². The normalized spacial score (nSPS) is 10.5. The third kappa shape index (κ3) is 10.1. The van der Waals surface area contributed by atoms with Gasteiger partial charge in [-0.25, -0.2) is 0 Å². The van der Waals surface area contributed by atoms with Crippen LogP contribution in [0.25, 0.3) is 0 Å². The lowest BCUT2D eigenvalue weighted by Crippen LogP contribution is -2.29. The zero-order chi connectivity index (χ0) is 19.2. The van der Waals surface area contributed by atoms with Gasteiger partial charge in [0.1, 0.15) is 5.75 Å². The molecule has 0 atom stereocenters. The molecule has 0 spiro atoms. The van der Waals surface area contributed by atoms with Crippen molar-refractivity contribution in [3.05, 3.63) is 29.3 Å². The van der Waals surface area contributed by atoms with Crippen molar-refractivity contribution in [2.75, 3.05) is 13.2 Å².